The summed E-state index contributed by atoms with van der Waals surface area (Å²) >= 11 is 0. The summed E-state index contributed by atoms with van der Waals surface area (Å²) in [5.74, 6) is -0.914. The van der Waals surface area contributed by atoms with E-state index in [2.05, 4.69) is 5.32 Å². The Bertz CT molecular complexity index is 417. The first-order valence-corrected chi connectivity index (χ1v) is 6.18. The van der Waals surface area contributed by atoms with Crippen LogP contribution in [0.1, 0.15) is 25.8 Å². The summed E-state index contributed by atoms with van der Waals surface area (Å²) in [5, 5.41) is 11.3. The Kier molecular flexibility index (Phi) is 5.85. The molecule has 0 unspecified atom stereocenters. The molecule has 1 rings (SSSR count). The molecule has 0 bridgehead atoms. The van der Waals surface area contributed by atoms with Crippen LogP contribution in [0.15, 0.2) is 30.3 Å². The molecule has 2 N–H and O–H groups in total. The number of hydrogen-bond acceptors (Lipinski definition) is 3. The van der Waals surface area contributed by atoms with Crippen LogP contribution < -0.4 is 5.32 Å². The molecule has 0 aliphatic rings. The van der Waals surface area contributed by atoms with Crippen molar-refractivity contribution in [3.05, 3.63) is 35.9 Å². The normalized spacial score (nSPS) is 11.9. The van der Waals surface area contributed by atoms with Gasteiger partial charge in [0.05, 0.1) is 6.42 Å². The number of carboxylic acid groups (broad SMARTS) is 1. The van der Waals surface area contributed by atoms with Crippen LogP contribution >= 0.6 is 0 Å². The van der Waals surface area contributed by atoms with Gasteiger partial charge in [-0.15, -0.1) is 0 Å². The van der Waals surface area contributed by atoms with Crippen molar-refractivity contribution in [1.29, 1.82) is 0 Å². The molecule has 0 heterocycles. The van der Waals surface area contributed by atoms with E-state index in [9.17, 15) is 9.59 Å². The van der Waals surface area contributed by atoms with Crippen molar-refractivity contribution >= 4 is 12.1 Å². The standard InChI is InChI=1S/C14H19NO4/c1-10(2)12(8-13(16)17)15-14(18)19-9-11-6-4-3-5-7-11/h3-7,10,12H,8-9H2,1-2H3,(H,15,18)(H,16,17)/t12-/m0/s1. The highest BCUT2D eigenvalue weighted by atomic mass is 16.5. The number of carboxylic acids is 1. The molecule has 0 spiro atoms. The van der Waals surface area contributed by atoms with Crippen LogP contribution in [0.25, 0.3) is 0 Å². The van der Waals surface area contributed by atoms with Gasteiger partial charge in [-0.05, 0) is 11.5 Å². The van der Waals surface area contributed by atoms with Gasteiger partial charge in [0.1, 0.15) is 6.61 Å². The van der Waals surface area contributed by atoms with Crippen molar-refractivity contribution in [1.82, 2.24) is 5.32 Å². The van der Waals surface area contributed by atoms with Gasteiger partial charge in [-0.1, -0.05) is 44.2 Å². The second-order valence-electron chi connectivity index (χ2n) is 4.65. The number of alkyl carbamates (subject to hydrolysis) is 1. The van der Waals surface area contributed by atoms with Crippen molar-refractivity contribution in [2.45, 2.75) is 32.9 Å². The van der Waals surface area contributed by atoms with Crippen molar-refractivity contribution in [2.75, 3.05) is 0 Å². The highest BCUT2D eigenvalue weighted by Gasteiger charge is 2.19. The van der Waals surface area contributed by atoms with Gasteiger partial charge in [0.15, 0.2) is 0 Å². The zero-order valence-corrected chi connectivity index (χ0v) is 11.1. The predicted octanol–water partition coefficient (Wildman–Crippen LogP) is 2.41. The first kappa shape index (κ1) is 15.0. The van der Waals surface area contributed by atoms with Crippen LogP contribution in [-0.2, 0) is 16.1 Å². The first-order chi connectivity index (χ1) is 8.99. The fourth-order valence-electron chi connectivity index (χ4n) is 1.56. The molecule has 5 nitrogen and oxygen atoms in total. The summed E-state index contributed by atoms with van der Waals surface area (Å²) in [6.45, 7) is 3.88. The molecule has 0 aliphatic heterocycles. The molecule has 0 saturated carbocycles. The predicted molar refractivity (Wildman–Crippen MR) is 70.6 cm³/mol. The summed E-state index contributed by atoms with van der Waals surface area (Å²) in [7, 11) is 0. The van der Waals surface area contributed by atoms with Gasteiger partial charge < -0.3 is 15.2 Å². The lowest BCUT2D eigenvalue weighted by Gasteiger charge is -2.20. The van der Waals surface area contributed by atoms with Crippen molar-refractivity contribution < 1.29 is 19.4 Å². The second kappa shape index (κ2) is 7.41. The summed E-state index contributed by atoms with van der Waals surface area (Å²) in [5.41, 5.74) is 0.886. The quantitative estimate of drug-likeness (QED) is 0.828. The Morgan fingerprint density at radius 1 is 1.26 bits per heavy atom. The van der Waals surface area contributed by atoms with Gasteiger partial charge in [-0.25, -0.2) is 4.79 Å². The highest BCUT2D eigenvalue weighted by Crippen LogP contribution is 2.07. The van der Waals surface area contributed by atoms with E-state index in [0.717, 1.165) is 5.56 Å². The molecular weight excluding hydrogens is 246 g/mol. The van der Waals surface area contributed by atoms with Crippen LogP contribution in [0.3, 0.4) is 0 Å². The lowest BCUT2D eigenvalue weighted by Crippen LogP contribution is -2.40. The third-order valence-corrected chi connectivity index (χ3v) is 2.72. The van der Waals surface area contributed by atoms with Crippen molar-refractivity contribution in [3.63, 3.8) is 0 Å². The summed E-state index contributed by atoms with van der Waals surface area (Å²) in [6.07, 6.45) is -0.707. The number of nitrogens with one attached hydrogen (secondary N) is 1. The van der Waals surface area contributed by atoms with Gasteiger partial charge in [0.2, 0.25) is 0 Å². The number of carbonyl (C=O) groups excluding carboxylic acids is 1. The molecule has 0 saturated heterocycles. The number of amides is 1. The maximum Gasteiger partial charge on any atom is 0.407 e. The van der Waals surface area contributed by atoms with Gasteiger partial charge in [-0.2, -0.15) is 0 Å². The van der Waals surface area contributed by atoms with E-state index < -0.39 is 18.1 Å². The molecule has 0 radical (unpaired) electrons. The summed E-state index contributed by atoms with van der Waals surface area (Å²) in [4.78, 5) is 22.3. The van der Waals surface area contributed by atoms with E-state index in [4.69, 9.17) is 9.84 Å². The van der Waals surface area contributed by atoms with Crippen LogP contribution in [0.5, 0.6) is 0 Å². The van der Waals surface area contributed by atoms with E-state index >= 15 is 0 Å². The Labute approximate surface area is 112 Å². The lowest BCUT2D eigenvalue weighted by atomic mass is 10.0. The Hall–Kier alpha value is -2.04. The number of benzene rings is 1. The molecule has 1 amide bonds. The second-order valence-corrected chi connectivity index (χ2v) is 4.65. The van der Waals surface area contributed by atoms with E-state index in [-0.39, 0.29) is 18.9 Å². The zero-order valence-electron chi connectivity index (χ0n) is 11.1. The highest BCUT2D eigenvalue weighted by molar-refractivity contribution is 5.71. The lowest BCUT2D eigenvalue weighted by molar-refractivity contribution is -0.137. The van der Waals surface area contributed by atoms with Crippen molar-refractivity contribution in [3.8, 4) is 0 Å². The largest absolute Gasteiger partial charge is 0.481 e. The minimum atomic E-state index is -0.943. The maximum atomic E-state index is 11.6. The molecule has 0 aliphatic carbocycles. The summed E-state index contributed by atoms with van der Waals surface area (Å²) in [6, 6.07) is 8.87. The van der Waals surface area contributed by atoms with Crippen LogP contribution in [-0.4, -0.2) is 23.2 Å². The molecule has 1 aromatic rings. The maximum absolute atomic E-state index is 11.6. The minimum absolute atomic E-state index is 0.0281. The van der Waals surface area contributed by atoms with Gasteiger partial charge in [0, 0.05) is 6.04 Å². The van der Waals surface area contributed by atoms with Crippen LogP contribution in [0.4, 0.5) is 4.79 Å². The molecule has 104 valence electrons. The molecule has 0 aromatic heterocycles. The topological polar surface area (TPSA) is 75.6 Å². The number of aliphatic carboxylic acids is 1. The number of rotatable bonds is 6. The van der Waals surface area contributed by atoms with Gasteiger partial charge >= 0.3 is 12.1 Å². The number of hydrogen-bond donors (Lipinski definition) is 2. The van der Waals surface area contributed by atoms with E-state index in [1.165, 1.54) is 0 Å². The molecule has 1 aromatic carbocycles. The summed E-state index contributed by atoms with van der Waals surface area (Å²) < 4.78 is 5.05. The van der Waals surface area contributed by atoms with E-state index in [1.807, 2.05) is 44.2 Å². The monoisotopic (exact) mass is 265 g/mol. The minimum Gasteiger partial charge on any atom is -0.481 e. The number of ether oxygens (including phenoxy) is 1. The fraction of sp³-hybridized carbons (Fsp3) is 0.429. The SMILES string of the molecule is CC(C)[C@H](CC(=O)O)NC(=O)OCc1ccccc1. The Morgan fingerprint density at radius 3 is 2.42 bits per heavy atom. The molecule has 5 heteroatoms. The van der Waals surface area contributed by atoms with Crippen molar-refractivity contribution in [2.24, 2.45) is 5.92 Å². The molecular formula is C14H19NO4. The Balaban J connectivity index is 2.42. The first-order valence-electron chi connectivity index (χ1n) is 6.18. The average Bonchev–Trinajstić information content (AvgIpc) is 2.36. The Morgan fingerprint density at radius 2 is 1.89 bits per heavy atom. The zero-order chi connectivity index (χ0) is 14.3. The van der Waals surface area contributed by atoms with Crippen LogP contribution in [0.2, 0.25) is 0 Å². The molecule has 19 heavy (non-hydrogen) atoms. The van der Waals surface area contributed by atoms with E-state index in [1.54, 1.807) is 0 Å². The van der Waals surface area contributed by atoms with Crippen LogP contribution in [0, 0.1) is 5.92 Å². The smallest absolute Gasteiger partial charge is 0.407 e. The third-order valence-electron chi connectivity index (χ3n) is 2.72. The van der Waals surface area contributed by atoms with Gasteiger partial charge in [-0.3, -0.25) is 4.79 Å². The number of carbonyl (C=O) groups is 2. The average molecular weight is 265 g/mol. The third kappa shape index (κ3) is 5.90. The van der Waals surface area contributed by atoms with E-state index in [0.29, 0.717) is 0 Å². The fourth-order valence-corrected chi connectivity index (χ4v) is 1.56. The molecule has 0 fully saturated rings. The molecule has 1 atom stereocenters. The van der Waals surface area contributed by atoms with Gasteiger partial charge in [0.25, 0.3) is 0 Å².